The van der Waals surface area contributed by atoms with Crippen LogP contribution in [0.5, 0.6) is 11.5 Å². The third-order valence-corrected chi connectivity index (χ3v) is 3.00. The molecule has 0 heterocycles. The van der Waals surface area contributed by atoms with Crippen LogP contribution in [0, 0.1) is 11.3 Å². The molecule has 0 aliphatic carbocycles. The molecule has 1 aromatic carbocycles. The van der Waals surface area contributed by atoms with Crippen molar-refractivity contribution in [2.45, 2.75) is 13.8 Å². The molecule has 0 aromatic heterocycles. The minimum atomic E-state index is 0.0655. The first kappa shape index (κ1) is 16.3. The maximum Gasteiger partial charge on any atom is 0.161 e. The fourth-order valence-electron chi connectivity index (χ4n) is 1.81. The Hall–Kier alpha value is -1.75. The average Bonchev–Trinajstić information content (AvgIpc) is 2.40. The summed E-state index contributed by atoms with van der Waals surface area (Å²) in [5.74, 6) is 1.83. The molecule has 112 valence electrons. The molecule has 0 saturated carbocycles. The molecule has 0 saturated heterocycles. The largest absolute Gasteiger partial charge is 0.490 e. The lowest BCUT2D eigenvalue weighted by atomic mass is 10.1. The normalized spacial score (nSPS) is 12.2. The van der Waals surface area contributed by atoms with Gasteiger partial charge in [0, 0.05) is 19.0 Å². The summed E-state index contributed by atoms with van der Waals surface area (Å²) in [6.07, 6.45) is 0. The van der Waals surface area contributed by atoms with E-state index >= 15 is 0 Å². The zero-order chi connectivity index (χ0) is 15.0. The highest BCUT2D eigenvalue weighted by atomic mass is 16.5. The molecule has 0 amide bonds. The first-order chi connectivity index (χ1) is 9.54. The summed E-state index contributed by atoms with van der Waals surface area (Å²) in [6.45, 7) is 6.63. The number of benzene rings is 1. The molecular formula is C15H25N3O2. The Morgan fingerprint density at radius 3 is 2.45 bits per heavy atom. The molecule has 5 nitrogen and oxygen atoms in total. The molecule has 0 fully saturated rings. The van der Waals surface area contributed by atoms with E-state index in [0.717, 1.165) is 24.6 Å². The van der Waals surface area contributed by atoms with Crippen LogP contribution in [-0.4, -0.2) is 44.1 Å². The number of ether oxygens (including phenoxy) is 2. The molecule has 20 heavy (non-hydrogen) atoms. The van der Waals surface area contributed by atoms with Gasteiger partial charge in [-0.25, -0.2) is 0 Å². The van der Waals surface area contributed by atoms with E-state index in [9.17, 15) is 0 Å². The number of nitrogens with one attached hydrogen (secondary N) is 1. The van der Waals surface area contributed by atoms with E-state index in [4.69, 9.17) is 20.6 Å². The van der Waals surface area contributed by atoms with E-state index in [1.54, 1.807) is 0 Å². The topological polar surface area (TPSA) is 71.6 Å². The van der Waals surface area contributed by atoms with Crippen LogP contribution in [0.25, 0.3) is 0 Å². The number of para-hydroxylation sites is 2. The highest BCUT2D eigenvalue weighted by molar-refractivity contribution is 5.79. The first-order valence-electron chi connectivity index (χ1n) is 6.91. The molecule has 1 atom stereocenters. The van der Waals surface area contributed by atoms with Gasteiger partial charge in [-0.2, -0.15) is 0 Å². The fourth-order valence-corrected chi connectivity index (χ4v) is 1.81. The third-order valence-electron chi connectivity index (χ3n) is 3.00. The summed E-state index contributed by atoms with van der Waals surface area (Å²) in [5, 5.41) is 7.38. The molecular weight excluding hydrogens is 254 g/mol. The van der Waals surface area contributed by atoms with Gasteiger partial charge in [0.15, 0.2) is 11.5 Å². The van der Waals surface area contributed by atoms with Gasteiger partial charge in [0.1, 0.15) is 6.61 Å². The number of nitrogens with zero attached hydrogens (tertiary/aromatic N) is 1. The van der Waals surface area contributed by atoms with Crippen molar-refractivity contribution < 1.29 is 9.47 Å². The molecule has 0 bridgehead atoms. The van der Waals surface area contributed by atoms with Crippen LogP contribution >= 0.6 is 0 Å². The molecule has 1 rings (SSSR count). The lowest BCUT2D eigenvalue weighted by Gasteiger charge is -2.21. The number of amidine groups is 1. The first-order valence-corrected chi connectivity index (χ1v) is 6.91. The van der Waals surface area contributed by atoms with Crippen LogP contribution < -0.4 is 15.2 Å². The SMILES string of the molecule is CCOc1ccccc1OCCN(C)CC(C)C(=N)N. The van der Waals surface area contributed by atoms with Gasteiger partial charge < -0.3 is 20.1 Å². The summed E-state index contributed by atoms with van der Waals surface area (Å²) in [6, 6.07) is 7.67. The second-order valence-electron chi connectivity index (χ2n) is 4.85. The number of nitrogens with two attached hydrogens (primary N) is 1. The average molecular weight is 279 g/mol. The van der Waals surface area contributed by atoms with E-state index in [2.05, 4.69) is 4.90 Å². The van der Waals surface area contributed by atoms with Crippen molar-refractivity contribution in [2.24, 2.45) is 11.7 Å². The van der Waals surface area contributed by atoms with Crippen molar-refractivity contribution in [1.82, 2.24) is 4.90 Å². The number of rotatable bonds is 9. The van der Waals surface area contributed by atoms with Gasteiger partial charge in [-0.1, -0.05) is 19.1 Å². The van der Waals surface area contributed by atoms with Gasteiger partial charge >= 0.3 is 0 Å². The summed E-state index contributed by atoms with van der Waals surface area (Å²) < 4.78 is 11.3. The number of likely N-dealkylation sites (N-methyl/N-ethyl adjacent to an activating group) is 1. The summed E-state index contributed by atoms with van der Waals surface area (Å²) in [5.41, 5.74) is 5.47. The molecule has 0 radical (unpaired) electrons. The van der Waals surface area contributed by atoms with Gasteiger partial charge in [0.2, 0.25) is 0 Å². The van der Waals surface area contributed by atoms with Crippen LogP contribution in [0.1, 0.15) is 13.8 Å². The van der Waals surface area contributed by atoms with E-state index < -0.39 is 0 Å². The van der Waals surface area contributed by atoms with Gasteiger partial charge in [0.05, 0.1) is 12.4 Å². The monoisotopic (exact) mass is 279 g/mol. The molecule has 1 unspecified atom stereocenters. The predicted molar refractivity (Wildman–Crippen MR) is 81.7 cm³/mol. The highest BCUT2D eigenvalue weighted by Crippen LogP contribution is 2.26. The Labute approximate surface area is 121 Å². The Bertz CT molecular complexity index is 423. The van der Waals surface area contributed by atoms with E-state index in [-0.39, 0.29) is 11.8 Å². The Morgan fingerprint density at radius 1 is 1.30 bits per heavy atom. The maximum atomic E-state index is 7.38. The van der Waals surface area contributed by atoms with Crippen molar-refractivity contribution in [3.63, 3.8) is 0 Å². The summed E-state index contributed by atoms with van der Waals surface area (Å²) in [4.78, 5) is 2.11. The zero-order valence-corrected chi connectivity index (χ0v) is 12.6. The lowest BCUT2D eigenvalue weighted by Crippen LogP contribution is -2.34. The van der Waals surface area contributed by atoms with Crippen molar-refractivity contribution in [3.05, 3.63) is 24.3 Å². The van der Waals surface area contributed by atoms with Crippen LogP contribution in [0.2, 0.25) is 0 Å². The quantitative estimate of drug-likeness (QED) is 0.535. The second kappa shape index (κ2) is 8.43. The van der Waals surface area contributed by atoms with Crippen LogP contribution in [0.4, 0.5) is 0 Å². The smallest absolute Gasteiger partial charge is 0.161 e. The lowest BCUT2D eigenvalue weighted by molar-refractivity contribution is 0.220. The zero-order valence-electron chi connectivity index (χ0n) is 12.6. The Morgan fingerprint density at radius 2 is 1.90 bits per heavy atom. The van der Waals surface area contributed by atoms with E-state index in [1.807, 2.05) is 45.2 Å². The summed E-state index contributed by atoms with van der Waals surface area (Å²) in [7, 11) is 2.00. The molecule has 5 heteroatoms. The van der Waals surface area contributed by atoms with Crippen molar-refractivity contribution in [1.29, 1.82) is 5.41 Å². The van der Waals surface area contributed by atoms with Crippen molar-refractivity contribution >= 4 is 5.84 Å². The number of hydrogen-bond acceptors (Lipinski definition) is 4. The Balaban J connectivity index is 2.38. The van der Waals surface area contributed by atoms with Gasteiger partial charge in [-0.05, 0) is 26.1 Å². The molecule has 0 spiro atoms. The molecule has 3 N–H and O–H groups in total. The second-order valence-corrected chi connectivity index (χ2v) is 4.85. The van der Waals surface area contributed by atoms with Gasteiger partial charge in [-0.3, -0.25) is 5.41 Å². The van der Waals surface area contributed by atoms with Crippen LogP contribution in [-0.2, 0) is 0 Å². The maximum absolute atomic E-state index is 7.38. The van der Waals surface area contributed by atoms with E-state index in [0.29, 0.717) is 13.2 Å². The van der Waals surface area contributed by atoms with Gasteiger partial charge in [0.25, 0.3) is 0 Å². The van der Waals surface area contributed by atoms with Crippen molar-refractivity contribution in [2.75, 3.05) is 33.4 Å². The molecule has 1 aromatic rings. The molecule has 0 aliphatic rings. The number of hydrogen-bond donors (Lipinski definition) is 2. The molecule has 0 aliphatic heterocycles. The third kappa shape index (κ3) is 5.48. The standard InChI is InChI=1S/C15H25N3O2/c1-4-19-13-7-5-6-8-14(13)20-10-9-18(3)11-12(2)15(16)17/h5-8,12H,4,9-11H2,1-3H3,(H3,16,17). The van der Waals surface area contributed by atoms with Crippen LogP contribution in [0.3, 0.4) is 0 Å². The fraction of sp³-hybridized carbons (Fsp3) is 0.533. The highest BCUT2D eigenvalue weighted by Gasteiger charge is 2.09. The Kier molecular flexibility index (Phi) is 6.87. The van der Waals surface area contributed by atoms with Gasteiger partial charge in [-0.15, -0.1) is 0 Å². The van der Waals surface area contributed by atoms with Crippen LogP contribution in [0.15, 0.2) is 24.3 Å². The summed E-state index contributed by atoms with van der Waals surface area (Å²) >= 11 is 0. The van der Waals surface area contributed by atoms with E-state index in [1.165, 1.54) is 0 Å². The van der Waals surface area contributed by atoms with Crippen molar-refractivity contribution in [3.8, 4) is 11.5 Å². The minimum absolute atomic E-state index is 0.0655. The predicted octanol–water partition coefficient (Wildman–Crippen LogP) is 1.97. The minimum Gasteiger partial charge on any atom is -0.490 e.